The summed E-state index contributed by atoms with van der Waals surface area (Å²) in [6, 6.07) is 19.1. The largest absolute Gasteiger partial charge is 0.300 e. The van der Waals surface area contributed by atoms with Crippen LogP contribution in [0.1, 0.15) is 55.6 Å². The summed E-state index contributed by atoms with van der Waals surface area (Å²) in [6.07, 6.45) is 8.46. The highest BCUT2D eigenvalue weighted by Crippen LogP contribution is 2.49. The Hall–Kier alpha value is -1.60. The lowest BCUT2D eigenvalue weighted by molar-refractivity contribution is 0.0542. The molecule has 3 aliphatic rings. The van der Waals surface area contributed by atoms with Crippen molar-refractivity contribution >= 4 is 0 Å². The predicted octanol–water partition coefficient (Wildman–Crippen LogP) is 5.45. The second-order valence-electron chi connectivity index (χ2n) is 7.96. The van der Waals surface area contributed by atoms with E-state index < -0.39 is 0 Å². The number of hydrogen-bond donors (Lipinski definition) is 0. The van der Waals surface area contributed by atoms with Crippen LogP contribution in [0.15, 0.2) is 48.5 Å². The average molecular weight is 317 g/mol. The van der Waals surface area contributed by atoms with E-state index in [1.165, 1.54) is 62.7 Å². The highest BCUT2D eigenvalue weighted by Gasteiger charge is 2.37. The molecule has 2 aromatic carbocycles. The molecule has 2 saturated heterocycles. The molecule has 2 aromatic rings. The molecular formula is C23H27N. The molecule has 0 spiro atoms. The molecule has 5 rings (SSSR count). The van der Waals surface area contributed by atoms with E-state index in [2.05, 4.69) is 53.4 Å². The van der Waals surface area contributed by atoms with Crippen LogP contribution in [0.4, 0.5) is 0 Å². The van der Waals surface area contributed by atoms with Gasteiger partial charge in [0.05, 0.1) is 0 Å². The maximum absolute atomic E-state index is 2.81. The molecule has 124 valence electrons. The third-order valence-corrected chi connectivity index (χ3v) is 6.73. The lowest BCUT2D eigenvalue weighted by Gasteiger charge is -2.45. The van der Waals surface area contributed by atoms with Gasteiger partial charge in [0.15, 0.2) is 0 Å². The molecule has 1 heteroatoms. The molecule has 1 nitrogen and oxygen atoms in total. The van der Waals surface area contributed by atoms with Gasteiger partial charge in [-0.15, -0.1) is 0 Å². The monoisotopic (exact) mass is 317 g/mol. The third kappa shape index (κ3) is 2.33. The van der Waals surface area contributed by atoms with Crippen LogP contribution in [0.2, 0.25) is 0 Å². The molecule has 2 atom stereocenters. The number of rotatable bonds is 2. The molecule has 2 fully saturated rings. The molecule has 0 radical (unpaired) electrons. The highest BCUT2D eigenvalue weighted by molar-refractivity contribution is 5.78. The van der Waals surface area contributed by atoms with Crippen LogP contribution in [0.3, 0.4) is 0 Å². The van der Waals surface area contributed by atoms with Gasteiger partial charge < -0.3 is 4.90 Å². The van der Waals surface area contributed by atoms with Crippen molar-refractivity contribution < 1.29 is 0 Å². The van der Waals surface area contributed by atoms with Crippen molar-refractivity contribution in [2.24, 2.45) is 5.92 Å². The first kappa shape index (κ1) is 14.7. The van der Waals surface area contributed by atoms with Crippen LogP contribution < -0.4 is 0 Å². The summed E-state index contributed by atoms with van der Waals surface area (Å²) in [4.78, 5) is 2.81. The standard InChI is InChI=1S/C23H27N/c1-3-11-20-18(9-1)19-10-2-4-12-21(19)22(20)16-17-8-7-15-24-14-6-5-13-23(17)24/h1-4,9-12,17,22-23H,5-8,13-16H2/t17-,23-/m1/s1. The average Bonchev–Trinajstić information content (AvgIpc) is 2.97. The molecule has 0 bridgehead atoms. The first-order valence-corrected chi connectivity index (χ1v) is 9.84. The van der Waals surface area contributed by atoms with Crippen molar-refractivity contribution in [1.82, 2.24) is 4.90 Å². The van der Waals surface area contributed by atoms with Crippen molar-refractivity contribution in [3.05, 3.63) is 59.7 Å². The van der Waals surface area contributed by atoms with E-state index in [1.54, 1.807) is 11.1 Å². The molecule has 2 heterocycles. The van der Waals surface area contributed by atoms with E-state index in [4.69, 9.17) is 0 Å². The summed E-state index contributed by atoms with van der Waals surface area (Å²) in [5, 5.41) is 0. The molecular weight excluding hydrogens is 290 g/mol. The Balaban J connectivity index is 1.48. The van der Waals surface area contributed by atoms with Gasteiger partial charge in [-0.05, 0) is 73.4 Å². The number of nitrogens with zero attached hydrogens (tertiary/aromatic N) is 1. The van der Waals surface area contributed by atoms with Gasteiger partial charge in [0.1, 0.15) is 0 Å². The normalized spacial score (nSPS) is 26.7. The van der Waals surface area contributed by atoms with E-state index >= 15 is 0 Å². The summed E-state index contributed by atoms with van der Waals surface area (Å²) in [5.74, 6) is 1.49. The SMILES string of the molecule is c1ccc2c(c1)-c1ccccc1C2C[C@H]1CCCN2CCCC[C@H]12. The van der Waals surface area contributed by atoms with Crippen LogP contribution in [-0.4, -0.2) is 24.0 Å². The van der Waals surface area contributed by atoms with Gasteiger partial charge >= 0.3 is 0 Å². The summed E-state index contributed by atoms with van der Waals surface area (Å²) in [6.45, 7) is 2.69. The smallest absolute Gasteiger partial charge is 0.0124 e. The Kier molecular flexibility index (Phi) is 3.70. The van der Waals surface area contributed by atoms with Gasteiger partial charge in [-0.25, -0.2) is 0 Å². The van der Waals surface area contributed by atoms with Crippen molar-refractivity contribution in [2.75, 3.05) is 13.1 Å². The molecule has 24 heavy (non-hydrogen) atoms. The van der Waals surface area contributed by atoms with Crippen LogP contribution in [0.25, 0.3) is 11.1 Å². The van der Waals surface area contributed by atoms with Crippen LogP contribution in [0.5, 0.6) is 0 Å². The number of piperidine rings is 2. The van der Waals surface area contributed by atoms with Gasteiger partial charge in [-0.3, -0.25) is 0 Å². The summed E-state index contributed by atoms with van der Waals surface area (Å²) in [7, 11) is 0. The quantitative estimate of drug-likeness (QED) is 0.711. The maximum atomic E-state index is 2.81. The zero-order valence-electron chi connectivity index (χ0n) is 14.5. The van der Waals surface area contributed by atoms with Crippen molar-refractivity contribution in [3.8, 4) is 11.1 Å². The molecule has 0 aromatic heterocycles. The van der Waals surface area contributed by atoms with Gasteiger partial charge in [0.2, 0.25) is 0 Å². The minimum absolute atomic E-state index is 0.615. The fourth-order valence-electron chi connectivity index (χ4n) is 5.67. The Morgan fingerprint density at radius 3 is 2.17 bits per heavy atom. The van der Waals surface area contributed by atoms with Crippen LogP contribution in [-0.2, 0) is 0 Å². The Morgan fingerprint density at radius 1 is 0.750 bits per heavy atom. The first-order chi connectivity index (χ1) is 11.9. The van der Waals surface area contributed by atoms with Gasteiger partial charge in [-0.2, -0.15) is 0 Å². The highest BCUT2D eigenvalue weighted by atomic mass is 15.2. The Morgan fingerprint density at radius 2 is 1.42 bits per heavy atom. The fraction of sp³-hybridized carbons (Fsp3) is 0.478. The second kappa shape index (κ2) is 6.04. The van der Waals surface area contributed by atoms with E-state index in [1.807, 2.05) is 0 Å². The Labute approximate surface area is 145 Å². The van der Waals surface area contributed by atoms with Crippen LogP contribution >= 0.6 is 0 Å². The number of benzene rings is 2. The fourth-order valence-corrected chi connectivity index (χ4v) is 5.67. The maximum Gasteiger partial charge on any atom is 0.0124 e. The summed E-state index contributed by atoms with van der Waals surface area (Å²) < 4.78 is 0. The molecule has 0 N–H and O–H groups in total. The van der Waals surface area contributed by atoms with Crippen molar-refractivity contribution in [2.45, 2.75) is 50.5 Å². The molecule has 0 saturated carbocycles. The predicted molar refractivity (Wildman–Crippen MR) is 100 cm³/mol. The zero-order valence-corrected chi connectivity index (χ0v) is 14.5. The second-order valence-corrected chi connectivity index (χ2v) is 7.96. The molecule has 0 unspecified atom stereocenters. The lowest BCUT2D eigenvalue weighted by atomic mass is 9.76. The summed E-state index contributed by atoms with van der Waals surface area (Å²) in [5.41, 5.74) is 6.11. The van der Waals surface area contributed by atoms with Gasteiger partial charge in [0.25, 0.3) is 0 Å². The number of hydrogen-bond acceptors (Lipinski definition) is 1. The lowest BCUT2D eigenvalue weighted by Crippen LogP contribution is -2.48. The van der Waals surface area contributed by atoms with E-state index in [0.29, 0.717) is 5.92 Å². The number of fused-ring (bicyclic) bond motifs is 4. The molecule has 0 amide bonds. The van der Waals surface area contributed by atoms with Gasteiger partial charge in [-0.1, -0.05) is 55.0 Å². The topological polar surface area (TPSA) is 3.24 Å². The van der Waals surface area contributed by atoms with Crippen LogP contribution in [0, 0.1) is 5.92 Å². The summed E-state index contributed by atoms with van der Waals surface area (Å²) >= 11 is 0. The molecule has 1 aliphatic carbocycles. The minimum Gasteiger partial charge on any atom is -0.300 e. The Bertz CT molecular complexity index is 687. The zero-order chi connectivity index (χ0) is 15.9. The van der Waals surface area contributed by atoms with Crippen molar-refractivity contribution in [3.63, 3.8) is 0 Å². The van der Waals surface area contributed by atoms with E-state index in [9.17, 15) is 0 Å². The first-order valence-electron chi connectivity index (χ1n) is 9.84. The van der Waals surface area contributed by atoms with Gasteiger partial charge in [0, 0.05) is 12.0 Å². The third-order valence-electron chi connectivity index (χ3n) is 6.73. The molecule has 2 aliphatic heterocycles. The van der Waals surface area contributed by atoms with E-state index in [-0.39, 0.29) is 0 Å². The minimum atomic E-state index is 0.615. The van der Waals surface area contributed by atoms with Crippen molar-refractivity contribution in [1.29, 1.82) is 0 Å². The van der Waals surface area contributed by atoms with E-state index in [0.717, 1.165) is 12.0 Å².